The van der Waals surface area contributed by atoms with E-state index in [2.05, 4.69) is 19.9 Å². The summed E-state index contributed by atoms with van der Waals surface area (Å²) in [5.74, 6) is 1.24. The summed E-state index contributed by atoms with van der Waals surface area (Å²) in [5.41, 5.74) is 0.612. The molecule has 0 saturated carbocycles. The fourth-order valence-corrected chi connectivity index (χ4v) is 1.49. The maximum atomic E-state index is 8.86. The lowest BCUT2D eigenvalue weighted by atomic mass is 10.1. The molecule has 1 unspecified atom stereocenters. The predicted octanol–water partition coefficient (Wildman–Crippen LogP) is 3.37. The second-order valence-corrected chi connectivity index (χ2v) is 3.81. The van der Waals surface area contributed by atoms with E-state index in [0.29, 0.717) is 23.8 Å². The average molecular weight is 203 g/mol. The van der Waals surface area contributed by atoms with Crippen molar-refractivity contribution < 1.29 is 4.74 Å². The van der Waals surface area contributed by atoms with Crippen molar-refractivity contribution in [2.24, 2.45) is 5.92 Å². The first-order chi connectivity index (χ1) is 7.27. The van der Waals surface area contributed by atoms with Crippen LogP contribution in [-0.4, -0.2) is 6.61 Å². The lowest BCUT2D eigenvalue weighted by Crippen LogP contribution is -2.08. The van der Waals surface area contributed by atoms with Crippen LogP contribution in [0.5, 0.6) is 5.75 Å². The van der Waals surface area contributed by atoms with Gasteiger partial charge in [0.15, 0.2) is 0 Å². The Morgan fingerprint density at radius 3 is 2.80 bits per heavy atom. The first-order valence-electron chi connectivity index (χ1n) is 5.39. The van der Waals surface area contributed by atoms with Gasteiger partial charge in [0.1, 0.15) is 11.8 Å². The van der Waals surface area contributed by atoms with E-state index >= 15 is 0 Å². The molecule has 0 radical (unpaired) electrons. The molecule has 15 heavy (non-hydrogen) atoms. The van der Waals surface area contributed by atoms with Crippen LogP contribution in [0.15, 0.2) is 24.3 Å². The van der Waals surface area contributed by atoms with Gasteiger partial charge in [0, 0.05) is 0 Å². The number of ether oxygens (including phenoxy) is 1. The molecule has 2 nitrogen and oxygen atoms in total. The summed E-state index contributed by atoms with van der Waals surface area (Å²) >= 11 is 0. The molecular formula is C13H17NO. The Morgan fingerprint density at radius 2 is 2.13 bits per heavy atom. The van der Waals surface area contributed by atoms with Crippen molar-refractivity contribution in [2.75, 3.05) is 6.61 Å². The molecule has 1 aromatic carbocycles. The number of nitrogens with zero attached hydrogens (tertiary/aromatic N) is 1. The molecule has 0 saturated heterocycles. The van der Waals surface area contributed by atoms with Gasteiger partial charge in [-0.05, 0) is 24.5 Å². The van der Waals surface area contributed by atoms with Gasteiger partial charge in [-0.3, -0.25) is 0 Å². The molecule has 0 aliphatic heterocycles. The molecule has 80 valence electrons. The second-order valence-electron chi connectivity index (χ2n) is 3.81. The number of hydrogen-bond donors (Lipinski definition) is 0. The maximum Gasteiger partial charge on any atom is 0.137 e. The quantitative estimate of drug-likeness (QED) is 0.735. The van der Waals surface area contributed by atoms with E-state index in [-0.39, 0.29) is 0 Å². The van der Waals surface area contributed by atoms with Gasteiger partial charge in [0.05, 0.1) is 12.2 Å². The molecule has 0 fully saturated rings. The van der Waals surface area contributed by atoms with E-state index < -0.39 is 0 Å². The zero-order chi connectivity index (χ0) is 11.1. The Kier molecular flexibility index (Phi) is 4.70. The first kappa shape index (κ1) is 11.6. The molecule has 0 amide bonds. The Bertz CT molecular complexity index is 341. The van der Waals surface area contributed by atoms with Crippen LogP contribution >= 0.6 is 0 Å². The topological polar surface area (TPSA) is 33.0 Å². The van der Waals surface area contributed by atoms with Crippen LogP contribution in [0.25, 0.3) is 0 Å². The Labute approximate surface area is 91.5 Å². The molecule has 0 bridgehead atoms. The summed E-state index contributed by atoms with van der Waals surface area (Å²) in [6, 6.07) is 9.49. The van der Waals surface area contributed by atoms with Crippen molar-refractivity contribution in [3.8, 4) is 11.8 Å². The Balaban J connectivity index is 2.54. The van der Waals surface area contributed by atoms with Gasteiger partial charge in [-0.1, -0.05) is 32.4 Å². The predicted molar refractivity (Wildman–Crippen MR) is 60.7 cm³/mol. The summed E-state index contributed by atoms with van der Waals surface area (Å²) in [5, 5.41) is 8.86. The highest BCUT2D eigenvalue weighted by Gasteiger charge is 2.05. The zero-order valence-electron chi connectivity index (χ0n) is 9.36. The van der Waals surface area contributed by atoms with Crippen molar-refractivity contribution in [3.63, 3.8) is 0 Å². The van der Waals surface area contributed by atoms with Crippen LogP contribution in [-0.2, 0) is 0 Å². The summed E-state index contributed by atoms with van der Waals surface area (Å²) in [4.78, 5) is 0. The third-order valence-electron chi connectivity index (χ3n) is 2.31. The number of nitriles is 1. The van der Waals surface area contributed by atoms with Crippen LogP contribution in [0.2, 0.25) is 0 Å². The van der Waals surface area contributed by atoms with Crippen molar-refractivity contribution in [2.45, 2.75) is 26.7 Å². The van der Waals surface area contributed by atoms with E-state index in [1.165, 1.54) is 6.42 Å². The van der Waals surface area contributed by atoms with Crippen molar-refractivity contribution in [3.05, 3.63) is 29.8 Å². The third-order valence-corrected chi connectivity index (χ3v) is 2.31. The molecule has 2 heteroatoms. The minimum Gasteiger partial charge on any atom is -0.492 e. The van der Waals surface area contributed by atoms with E-state index in [1.807, 2.05) is 18.2 Å². The number of hydrogen-bond acceptors (Lipinski definition) is 2. The van der Waals surface area contributed by atoms with E-state index in [0.717, 1.165) is 6.42 Å². The van der Waals surface area contributed by atoms with E-state index in [4.69, 9.17) is 10.00 Å². The van der Waals surface area contributed by atoms with Gasteiger partial charge >= 0.3 is 0 Å². The maximum absolute atomic E-state index is 8.86. The smallest absolute Gasteiger partial charge is 0.137 e. The molecule has 0 spiro atoms. The van der Waals surface area contributed by atoms with Gasteiger partial charge in [0.25, 0.3) is 0 Å². The summed E-state index contributed by atoms with van der Waals surface area (Å²) in [6.45, 7) is 5.02. The van der Waals surface area contributed by atoms with Crippen LogP contribution < -0.4 is 4.74 Å². The molecular weight excluding hydrogens is 186 g/mol. The lowest BCUT2D eigenvalue weighted by molar-refractivity contribution is 0.251. The molecule has 0 N–H and O–H groups in total. The second kappa shape index (κ2) is 6.08. The highest BCUT2D eigenvalue weighted by Crippen LogP contribution is 2.18. The van der Waals surface area contributed by atoms with Crippen molar-refractivity contribution in [1.29, 1.82) is 5.26 Å². The van der Waals surface area contributed by atoms with Crippen LogP contribution in [0.1, 0.15) is 32.3 Å². The SMILES string of the molecule is CCCC(C)COc1ccccc1C#N. The Hall–Kier alpha value is -1.49. The highest BCUT2D eigenvalue weighted by molar-refractivity contribution is 5.42. The first-order valence-corrected chi connectivity index (χ1v) is 5.39. The van der Waals surface area contributed by atoms with Crippen molar-refractivity contribution in [1.82, 2.24) is 0 Å². The van der Waals surface area contributed by atoms with Crippen LogP contribution in [0, 0.1) is 17.2 Å². The standard InChI is InChI=1S/C13H17NO/c1-3-6-11(2)10-15-13-8-5-4-7-12(13)9-14/h4-5,7-8,11H,3,6,10H2,1-2H3. The molecule has 1 rings (SSSR count). The summed E-state index contributed by atoms with van der Waals surface area (Å²) < 4.78 is 5.62. The molecule has 0 heterocycles. The average Bonchev–Trinajstić information content (AvgIpc) is 2.27. The molecule has 0 aliphatic carbocycles. The summed E-state index contributed by atoms with van der Waals surface area (Å²) in [6.07, 6.45) is 2.33. The van der Waals surface area contributed by atoms with Gasteiger partial charge in [0.2, 0.25) is 0 Å². The molecule has 1 aromatic rings. The molecule has 0 aliphatic rings. The van der Waals surface area contributed by atoms with Crippen LogP contribution in [0.3, 0.4) is 0 Å². The van der Waals surface area contributed by atoms with Crippen LogP contribution in [0.4, 0.5) is 0 Å². The Morgan fingerprint density at radius 1 is 1.40 bits per heavy atom. The number of rotatable bonds is 5. The number of benzene rings is 1. The van der Waals surface area contributed by atoms with Gasteiger partial charge in [-0.25, -0.2) is 0 Å². The van der Waals surface area contributed by atoms with Gasteiger partial charge in [-0.15, -0.1) is 0 Å². The fraction of sp³-hybridized carbons (Fsp3) is 0.462. The lowest BCUT2D eigenvalue weighted by Gasteiger charge is -2.12. The van der Waals surface area contributed by atoms with Gasteiger partial charge < -0.3 is 4.74 Å². The molecule has 0 aromatic heterocycles. The highest BCUT2D eigenvalue weighted by atomic mass is 16.5. The third kappa shape index (κ3) is 3.63. The summed E-state index contributed by atoms with van der Waals surface area (Å²) in [7, 11) is 0. The van der Waals surface area contributed by atoms with E-state index in [9.17, 15) is 0 Å². The monoisotopic (exact) mass is 203 g/mol. The zero-order valence-corrected chi connectivity index (χ0v) is 9.36. The number of para-hydroxylation sites is 1. The normalized spacial score (nSPS) is 11.8. The molecule has 1 atom stereocenters. The minimum absolute atomic E-state index is 0.543. The minimum atomic E-state index is 0.543. The largest absolute Gasteiger partial charge is 0.492 e. The van der Waals surface area contributed by atoms with Crippen molar-refractivity contribution >= 4 is 0 Å². The van der Waals surface area contributed by atoms with E-state index in [1.54, 1.807) is 6.07 Å². The fourth-order valence-electron chi connectivity index (χ4n) is 1.49. The van der Waals surface area contributed by atoms with Gasteiger partial charge in [-0.2, -0.15) is 5.26 Å².